The second-order valence-corrected chi connectivity index (χ2v) is 13.6. The number of fused-ring (bicyclic) bond motifs is 8. The number of nitrogens with zero attached hydrogens (tertiary/aromatic N) is 4. The molecule has 0 saturated carbocycles. The number of H-pyrrole nitrogens is 2. The van der Waals surface area contributed by atoms with E-state index in [1.165, 1.54) is 0 Å². The average Bonchev–Trinajstić information content (AvgIpc) is 4.11. The minimum atomic E-state index is -0.375. The number of aromatic nitrogens is 6. The summed E-state index contributed by atoms with van der Waals surface area (Å²) in [7, 11) is 0. The molecule has 10 nitrogen and oxygen atoms in total. The molecule has 0 aliphatic carbocycles. The van der Waals surface area contributed by atoms with Crippen molar-refractivity contribution in [2.45, 2.75) is 13.8 Å². The number of rotatable bonds is 8. The molecule has 2 aliphatic heterocycles. The topological polar surface area (TPSA) is 136 Å². The zero-order valence-electron chi connectivity index (χ0n) is 31.7. The Labute approximate surface area is 333 Å². The van der Waals surface area contributed by atoms with Crippen molar-refractivity contribution in [1.29, 1.82) is 0 Å². The Bertz CT molecular complexity index is 2730. The molecule has 282 valence electrons. The van der Waals surface area contributed by atoms with Crippen LogP contribution >= 0.6 is 0 Å². The number of hydrogen-bond acceptors (Lipinski definition) is 8. The summed E-state index contributed by atoms with van der Waals surface area (Å²) in [4.78, 5) is 52.2. The molecule has 0 spiro atoms. The lowest BCUT2D eigenvalue weighted by Crippen LogP contribution is -2.04. The van der Waals surface area contributed by atoms with Crippen molar-refractivity contribution in [3.8, 4) is 44.5 Å². The summed E-state index contributed by atoms with van der Waals surface area (Å²) >= 11 is 0. The minimum absolute atomic E-state index is 0.292. The smallest absolute Gasteiger partial charge is 0.338 e. The van der Waals surface area contributed by atoms with Gasteiger partial charge in [0.05, 0.1) is 47.1 Å². The zero-order valence-corrected chi connectivity index (χ0v) is 31.7. The van der Waals surface area contributed by atoms with Crippen LogP contribution in [0, 0.1) is 0 Å². The Kier molecular flexibility index (Phi) is 9.56. The van der Waals surface area contributed by atoms with Crippen molar-refractivity contribution >= 4 is 58.3 Å². The Morgan fingerprint density at radius 2 is 0.810 bits per heavy atom. The van der Waals surface area contributed by atoms with E-state index in [9.17, 15) is 9.59 Å². The average molecular weight is 761 g/mol. The van der Waals surface area contributed by atoms with Gasteiger partial charge in [-0.2, -0.15) is 0 Å². The van der Waals surface area contributed by atoms with Gasteiger partial charge in [0.1, 0.15) is 0 Å². The Balaban J connectivity index is 1.39. The Hall–Kier alpha value is -7.72. The van der Waals surface area contributed by atoms with Gasteiger partial charge in [0.25, 0.3) is 0 Å². The highest BCUT2D eigenvalue weighted by Crippen LogP contribution is 2.38. The molecule has 0 amide bonds. The summed E-state index contributed by atoms with van der Waals surface area (Å²) in [5.41, 5.74) is 14.1. The van der Waals surface area contributed by atoms with Crippen molar-refractivity contribution in [1.82, 2.24) is 29.9 Å². The number of esters is 2. The van der Waals surface area contributed by atoms with Crippen LogP contribution in [0.4, 0.5) is 0 Å². The van der Waals surface area contributed by atoms with E-state index < -0.39 is 0 Å². The molecular weight excluding hydrogens is 725 g/mol. The molecule has 7 heterocycles. The third-order valence-corrected chi connectivity index (χ3v) is 10.0. The van der Waals surface area contributed by atoms with E-state index in [4.69, 9.17) is 19.4 Å². The number of ether oxygens (including phenoxy) is 2. The molecule has 0 unspecified atom stereocenters. The molecule has 0 atom stereocenters. The predicted molar refractivity (Wildman–Crippen MR) is 228 cm³/mol. The van der Waals surface area contributed by atoms with Gasteiger partial charge in [-0.25, -0.2) is 19.6 Å². The molecule has 0 saturated heterocycles. The van der Waals surface area contributed by atoms with Gasteiger partial charge in [-0.15, -0.1) is 0 Å². The number of benzene rings is 2. The molecule has 5 aromatic heterocycles. The number of aromatic amines is 2. The number of carbonyl (C=O) groups excluding carboxylic acids is 2. The van der Waals surface area contributed by atoms with Crippen molar-refractivity contribution in [3.63, 3.8) is 0 Å². The van der Waals surface area contributed by atoms with Gasteiger partial charge in [0.2, 0.25) is 0 Å². The summed E-state index contributed by atoms with van der Waals surface area (Å²) in [6, 6.07) is 30.8. The SMILES string of the molecule is CCOC(=O)c1ccc(-c2c3nc(c(-c4cccnc4)c4ccc([nH]4)c(-c4ccc(C(=O)OCC)cc4)c4nc(c(-c5cccnc5)c5ccc2[nH]5)C=C4)C=C3)cc1. The normalized spacial score (nSPS) is 11.8. The summed E-state index contributed by atoms with van der Waals surface area (Å²) in [6.07, 6.45) is 15.2. The maximum Gasteiger partial charge on any atom is 0.338 e. The van der Waals surface area contributed by atoms with Gasteiger partial charge >= 0.3 is 11.9 Å². The first kappa shape index (κ1) is 35.9. The first-order valence-electron chi connectivity index (χ1n) is 19.0. The van der Waals surface area contributed by atoms with Crippen molar-refractivity contribution < 1.29 is 19.1 Å². The molecule has 2 N–H and O–H groups in total. The summed E-state index contributed by atoms with van der Waals surface area (Å²) < 4.78 is 10.5. The first-order chi connectivity index (χ1) is 28.5. The van der Waals surface area contributed by atoms with E-state index in [-0.39, 0.29) is 11.9 Å². The second kappa shape index (κ2) is 15.4. The van der Waals surface area contributed by atoms with E-state index >= 15 is 0 Å². The maximum absolute atomic E-state index is 12.6. The Morgan fingerprint density at radius 1 is 0.466 bits per heavy atom. The molecule has 9 rings (SSSR count). The first-order valence-corrected chi connectivity index (χ1v) is 19.0. The minimum Gasteiger partial charge on any atom is -0.462 e. The lowest BCUT2D eigenvalue weighted by Gasteiger charge is -2.08. The van der Waals surface area contributed by atoms with Gasteiger partial charge in [0, 0.05) is 80.2 Å². The van der Waals surface area contributed by atoms with Crippen molar-refractivity contribution in [2.24, 2.45) is 0 Å². The fraction of sp³-hybridized carbons (Fsp3) is 0.0833. The molecule has 58 heavy (non-hydrogen) atoms. The van der Waals surface area contributed by atoms with Crippen LogP contribution in [-0.2, 0) is 9.47 Å². The van der Waals surface area contributed by atoms with Gasteiger partial charge in [0.15, 0.2) is 0 Å². The highest BCUT2D eigenvalue weighted by Gasteiger charge is 2.20. The zero-order chi connectivity index (χ0) is 39.6. The molecule has 0 radical (unpaired) electrons. The monoisotopic (exact) mass is 760 g/mol. The van der Waals surface area contributed by atoms with Crippen LogP contribution in [0.5, 0.6) is 0 Å². The molecule has 2 aliphatic rings. The fourth-order valence-electron chi connectivity index (χ4n) is 7.42. The third kappa shape index (κ3) is 6.77. The van der Waals surface area contributed by atoms with Gasteiger partial charge in [-0.3, -0.25) is 9.97 Å². The van der Waals surface area contributed by atoms with Gasteiger partial charge in [-0.1, -0.05) is 36.4 Å². The molecule has 8 bridgehead atoms. The molecule has 7 aromatic rings. The lowest BCUT2D eigenvalue weighted by atomic mass is 10.0. The number of hydrogen-bond donors (Lipinski definition) is 2. The largest absolute Gasteiger partial charge is 0.462 e. The van der Waals surface area contributed by atoms with Crippen molar-refractivity contribution in [2.75, 3.05) is 13.2 Å². The standard InChI is InChI=1S/C48H36N6O4/c1-3-57-47(55)31-13-9-29(10-14-31)43-35-17-21-39(51-35)45(33-7-5-25-49-27-33)41-23-19-37(53-41)44(30-11-15-32(16-12-30)48(56)58-4-2)38-20-24-42(54-38)46(34-8-6-26-50-28-34)40-22-18-36(43)52-40/h5-28,51,54H,3-4H2,1-2H3. The number of pyridine rings is 2. The summed E-state index contributed by atoms with van der Waals surface area (Å²) in [6.45, 7) is 4.17. The molecule has 0 fully saturated rings. The molecular formula is C48H36N6O4. The third-order valence-electron chi connectivity index (χ3n) is 10.0. The van der Waals surface area contributed by atoms with Crippen LogP contribution in [-0.4, -0.2) is 55.1 Å². The van der Waals surface area contributed by atoms with Crippen LogP contribution in [0.2, 0.25) is 0 Å². The number of carbonyl (C=O) groups is 2. The van der Waals surface area contributed by atoms with Gasteiger partial charge < -0.3 is 19.4 Å². The van der Waals surface area contributed by atoms with Crippen molar-refractivity contribution in [3.05, 3.63) is 156 Å². The van der Waals surface area contributed by atoms with Crippen LogP contribution in [0.25, 0.3) is 90.9 Å². The van der Waals surface area contributed by atoms with Crippen LogP contribution in [0.1, 0.15) is 57.3 Å². The number of nitrogens with one attached hydrogen (secondary N) is 2. The lowest BCUT2D eigenvalue weighted by molar-refractivity contribution is 0.0517. The van der Waals surface area contributed by atoms with E-state index in [2.05, 4.69) is 19.9 Å². The van der Waals surface area contributed by atoms with Crippen LogP contribution < -0.4 is 0 Å². The quantitative estimate of drug-likeness (QED) is 0.146. The predicted octanol–water partition coefficient (Wildman–Crippen LogP) is 10.5. The highest BCUT2D eigenvalue weighted by atomic mass is 16.5. The summed E-state index contributed by atoms with van der Waals surface area (Å²) in [5, 5.41) is 0. The van der Waals surface area contributed by atoms with Gasteiger partial charge in [-0.05, 0) is 110 Å². The molecule has 2 aromatic carbocycles. The Morgan fingerprint density at radius 3 is 1.12 bits per heavy atom. The highest BCUT2D eigenvalue weighted by molar-refractivity contribution is 6.00. The maximum atomic E-state index is 12.6. The molecule has 10 heteroatoms. The second-order valence-electron chi connectivity index (χ2n) is 13.6. The van der Waals surface area contributed by atoms with Crippen LogP contribution in [0.15, 0.2) is 122 Å². The van der Waals surface area contributed by atoms with E-state index in [0.29, 0.717) is 24.3 Å². The summed E-state index contributed by atoms with van der Waals surface area (Å²) in [5.74, 6) is -0.749. The van der Waals surface area contributed by atoms with E-state index in [0.717, 1.165) is 89.4 Å². The van der Waals surface area contributed by atoms with E-state index in [1.54, 1.807) is 50.5 Å². The van der Waals surface area contributed by atoms with E-state index in [1.807, 2.05) is 109 Å². The van der Waals surface area contributed by atoms with Crippen LogP contribution in [0.3, 0.4) is 0 Å². The fourth-order valence-corrected chi connectivity index (χ4v) is 7.42.